The van der Waals surface area contributed by atoms with Gasteiger partial charge in [-0.15, -0.1) is 0 Å². The quantitative estimate of drug-likeness (QED) is 0.801. The maximum absolute atomic E-state index is 11.3. The van der Waals surface area contributed by atoms with E-state index < -0.39 is 0 Å². The second-order valence-electron chi connectivity index (χ2n) is 4.53. The van der Waals surface area contributed by atoms with Crippen LogP contribution >= 0.6 is 0 Å². The Kier molecular flexibility index (Phi) is 4.15. The van der Waals surface area contributed by atoms with Crippen molar-refractivity contribution < 1.29 is 9.53 Å². The van der Waals surface area contributed by atoms with Crippen LogP contribution in [0.15, 0.2) is 30.3 Å². The molecular formula is C14H19NO2. The van der Waals surface area contributed by atoms with Crippen LogP contribution in [0.3, 0.4) is 0 Å². The normalized spacial score (nSPS) is 20.3. The molecule has 3 heteroatoms. The number of nitrogens with zero attached hydrogens (tertiary/aromatic N) is 1. The van der Waals surface area contributed by atoms with Gasteiger partial charge in [-0.2, -0.15) is 0 Å². The van der Waals surface area contributed by atoms with E-state index in [0.717, 1.165) is 25.9 Å². The summed E-state index contributed by atoms with van der Waals surface area (Å²) in [6.45, 7) is 3.87. The molecular weight excluding hydrogens is 214 g/mol. The van der Waals surface area contributed by atoms with Crippen LogP contribution in [-0.2, 0) is 16.1 Å². The summed E-state index contributed by atoms with van der Waals surface area (Å²) in [6, 6.07) is 10.2. The predicted molar refractivity (Wildman–Crippen MR) is 66.5 cm³/mol. The van der Waals surface area contributed by atoms with Gasteiger partial charge in [0.15, 0.2) is 0 Å². The summed E-state index contributed by atoms with van der Waals surface area (Å²) in [5.41, 5.74) is 1.19. The van der Waals surface area contributed by atoms with Gasteiger partial charge in [0, 0.05) is 20.0 Å². The number of ether oxygens (including phenoxy) is 1. The molecule has 0 bridgehead atoms. The van der Waals surface area contributed by atoms with E-state index >= 15 is 0 Å². The van der Waals surface area contributed by atoms with Gasteiger partial charge in [-0.3, -0.25) is 4.79 Å². The average molecular weight is 233 g/mol. The Bertz CT molecular complexity index is 364. The number of hydrogen-bond acceptors (Lipinski definition) is 2. The molecule has 0 spiro atoms. The van der Waals surface area contributed by atoms with Crippen molar-refractivity contribution in [3.8, 4) is 0 Å². The van der Waals surface area contributed by atoms with Crippen molar-refractivity contribution >= 4 is 5.91 Å². The topological polar surface area (TPSA) is 29.5 Å². The summed E-state index contributed by atoms with van der Waals surface area (Å²) in [6.07, 6.45) is 2.28. The zero-order valence-corrected chi connectivity index (χ0v) is 10.3. The Balaban J connectivity index is 1.81. The molecule has 0 radical (unpaired) electrons. The van der Waals surface area contributed by atoms with Gasteiger partial charge < -0.3 is 9.64 Å². The number of carbonyl (C=O) groups is 1. The van der Waals surface area contributed by atoms with Crippen LogP contribution in [0, 0.1) is 0 Å². The first-order valence-electron chi connectivity index (χ1n) is 6.17. The van der Waals surface area contributed by atoms with E-state index in [1.165, 1.54) is 5.56 Å². The van der Waals surface area contributed by atoms with Gasteiger partial charge >= 0.3 is 0 Å². The Morgan fingerprint density at radius 2 is 2.18 bits per heavy atom. The fraction of sp³-hybridized carbons (Fsp3) is 0.500. The molecule has 1 aromatic rings. The predicted octanol–water partition coefficient (Wildman–Crippen LogP) is 2.21. The molecule has 1 amide bonds. The molecule has 0 saturated carbocycles. The lowest BCUT2D eigenvalue weighted by atomic mass is 10.1. The van der Waals surface area contributed by atoms with Crippen molar-refractivity contribution in [3.05, 3.63) is 35.9 Å². The first kappa shape index (κ1) is 12.1. The van der Waals surface area contributed by atoms with E-state index in [1.807, 2.05) is 23.1 Å². The standard InChI is InChI=1S/C14H19NO2/c1-12(16)15-9-5-8-14(10-15)17-11-13-6-3-2-4-7-13/h2-4,6-7,14H,5,8-11H2,1H3. The molecule has 1 saturated heterocycles. The summed E-state index contributed by atoms with van der Waals surface area (Å²) in [4.78, 5) is 13.2. The molecule has 1 fully saturated rings. The molecule has 17 heavy (non-hydrogen) atoms. The Morgan fingerprint density at radius 3 is 2.88 bits per heavy atom. The molecule has 1 heterocycles. The van der Waals surface area contributed by atoms with Crippen LogP contribution < -0.4 is 0 Å². The van der Waals surface area contributed by atoms with Gasteiger partial charge in [-0.25, -0.2) is 0 Å². The smallest absolute Gasteiger partial charge is 0.219 e. The van der Waals surface area contributed by atoms with Crippen LogP contribution in [0.2, 0.25) is 0 Å². The highest BCUT2D eigenvalue weighted by molar-refractivity contribution is 5.73. The lowest BCUT2D eigenvalue weighted by Gasteiger charge is -2.31. The first-order valence-corrected chi connectivity index (χ1v) is 6.17. The third-order valence-corrected chi connectivity index (χ3v) is 3.15. The minimum absolute atomic E-state index is 0.151. The fourth-order valence-corrected chi connectivity index (χ4v) is 2.15. The van der Waals surface area contributed by atoms with Gasteiger partial charge in [0.05, 0.1) is 12.7 Å². The highest BCUT2D eigenvalue weighted by Crippen LogP contribution is 2.15. The number of rotatable bonds is 3. The van der Waals surface area contributed by atoms with Crippen molar-refractivity contribution in [1.29, 1.82) is 0 Å². The summed E-state index contributed by atoms with van der Waals surface area (Å²) in [5.74, 6) is 0.151. The summed E-state index contributed by atoms with van der Waals surface area (Å²) < 4.78 is 5.86. The van der Waals surface area contributed by atoms with Gasteiger partial charge in [-0.05, 0) is 18.4 Å². The Labute approximate surface area is 102 Å². The largest absolute Gasteiger partial charge is 0.372 e. The van der Waals surface area contributed by atoms with E-state index in [1.54, 1.807) is 6.92 Å². The third-order valence-electron chi connectivity index (χ3n) is 3.15. The average Bonchev–Trinajstić information content (AvgIpc) is 2.38. The number of carbonyl (C=O) groups excluding carboxylic acids is 1. The minimum atomic E-state index is 0.151. The molecule has 1 atom stereocenters. The maximum atomic E-state index is 11.3. The van der Waals surface area contributed by atoms with E-state index in [9.17, 15) is 4.79 Å². The third kappa shape index (κ3) is 3.56. The van der Waals surface area contributed by atoms with Crippen LogP contribution in [0.25, 0.3) is 0 Å². The molecule has 0 aliphatic carbocycles. The summed E-state index contributed by atoms with van der Waals surface area (Å²) >= 11 is 0. The Morgan fingerprint density at radius 1 is 1.41 bits per heavy atom. The van der Waals surface area contributed by atoms with Crippen LogP contribution in [0.4, 0.5) is 0 Å². The lowest BCUT2D eigenvalue weighted by Crippen LogP contribution is -2.42. The zero-order chi connectivity index (χ0) is 12.1. The fourth-order valence-electron chi connectivity index (χ4n) is 2.15. The lowest BCUT2D eigenvalue weighted by molar-refractivity contribution is -0.133. The second-order valence-corrected chi connectivity index (χ2v) is 4.53. The molecule has 92 valence electrons. The van der Waals surface area contributed by atoms with Gasteiger partial charge in [0.25, 0.3) is 0 Å². The van der Waals surface area contributed by atoms with Gasteiger partial charge in [0.1, 0.15) is 0 Å². The number of hydrogen-bond donors (Lipinski definition) is 0. The maximum Gasteiger partial charge on any atom is 0.219 e. The SMILES string of the molecule is CC(=O)N1CCCC(OCc2ccccc2)C1. The van der Waals surface area contributed by atoms with Crippen molar-refractivity contribution in [1.82, 2.24) is 4.90 Å². The van der Waals surface area contributed by atoms with Gasteiger partial charge in [0.2, 0.25) is 5.91 Å². The number of piperidine rings is 1. The van der Waals surface area contributed by atoms with Crippen molar-refractivity contribution in [2.45, 2.75) is 32.5 Å². The summed E-state index contributed by atoms with van der Waals surface area (Å²) in [5, 5.41) is 0. The molecule has 3 nitrogen and oxygen atoms in total. The number of amides is 1. The molecule has 0 aromatic heterocycles. The van der Waals surface area contributed by atoms with E-state index in [0.29, 0.717) is 6.61 Å². The van der Waals surface area contributed by atoms with Crippen LogP contribution in [-0.4, -0.2) is 30.0 Å². The summed E-state index contributed by atoms with van der Waals surface area (Å²) in [7, 11) is 0. The van der Waals surface area contributed by atoms with E-state index in [2.05, 4.69) is 12.1 Å². The number of benzene rings is 1. The Hall–Kier alpha value is -1.35. The second kappa shape index (κ2) is 5.82. The molecule has 1 unspecified atom stereocenters. The van der Waals surface area contributed by atoms with Crippen molar-refractivity contribution in [2.75, 3.05) is 13.1 Å². The van der Waals surface area contributed by atoms with Crippen molar-refractivity contribution in [3.63, 3.8) is 0 Å². The van der Waals surface area contributed by atoms with Crippen molar-refractivity contribution in [2.24, 2.45) is 0 Å². The molecule has 2 rings (SSSR count). The monoisotopic (exact) mass is 233 g/mol. The molecule has 0 N–H and O–H groups in total. The van der Waals surface area contributed by atoms with Crippen LogP contribution in [0.1, 0.15) is 25.3 Å². The molecule has 1 aliphatic heterocycles. The van der Waals surface area contributed by atoms with E-state index in [-0.39, 0.29) is 12.0 Å². The highest BCUT2D eigenvalue weighted by atomic mass is 16.5. The zero-order valence-electron chi connectivity index (χ0n) is 10.3. The molecule has 1 aliphatic rings. The minimum Gasteiger partial charge on any atom is -0.372 e. The van der Waals surface area contributed by atoms with Crippen LogP contribution in [0.5, 0.6) is 0 Å². The van der Waals surface area contributed by atoms with E-state index in [4.69, 9.17) is 4.74 Å². The number of likely N-dealkylation sites (tertiary alicyclic amines) is 1. The first-order chi connectivity index (χ1) is 8.25. The van der Waals surface area contributed by atoms with Gasteiger partial charge in [-0.1, -0.05) is 30.3 Å². The molecule has 1 aromatic carbocycles. The highest BCUT2D eigenvalue weighted by Gasteiger charge is 2.21.